The van der Waals surface area contributed by atoms with Gasteiger partial charge in [0.1, 0.15) is 0 Å². The molecule has 2 amide bonds. The van der Waals surface area contributed by atoms with E-state index in [1.807, 2.05) is 0 Å². The molecule has 2 aromatic carbocycles. The molecule has 1 aliphatic carbocycles. The van der Waals surface area contributed by atoms with Gasteiger partial charge in [-0.1, -0.05) is 12.8 Å². The second-order valence-electron chi connectivity index (χ2n) is 8.58. The normalized spacial score (nSPS) is 21.3. The maximum atomic E-state index is 13.1. The van der Waals surface area contributed by atoms with Crippen LogP contribution in [-0.4, -0.2) is 44.0 Å². The molecule has 1 saturated heterocycles. The zero-order valence-electron chi connectivity index (χ0n) is 17.7. The molecule has 0 radical (unpaired) electrons. The number of benzene rings is 2. The highest BCUT2D eigenvalue weighted by molar-refractivity contribution is 7.90. The van der Waals surface area contributed by atoms with E-state index in [2.05, 4.69) is 10.2 Å². The van der Waals surface area contributed by atoms with E-state index in [-0.39, 0.29) is 16.7 Å². The molecule has 1 N–H and O–H groups in total. The molecule has 0 aromatic heterocycles. The first-order chi connectivity index (χ1) is 14.8. The van der Waals surface area contributed by atoms with Crippen LogP contribution in [0.4, 0.5) is 5.69 Å². The van der Waals surface area contributed by atoms with Crippen LogP contribution in [0.5, 0.6) is 0 Å². The highest BCUT2D eigenvalue weighted by atomic mass is 32.2. The smallest absolute Gasteiger partial charge is 0.255 e. The van der Waals surface area contributed by atoms with Gasteiger partial charge < -0.3 is 10.2 Å². The molecular weight excluding hydrogens is 412 g/mol. The molecule has 6 nitrogen and oxygen atoms in total. The Morgan fingerprint density at radius 3 is 2.16 bits per heavy atom. The molecule has 164 valence electrons. The summed E-state index contributed by atoms with van der Waals surface area (Å²) in [5, 5.41) is 2.79. The van der Waals surface area contributed by atoms with E-state index in [0.717, 1.165) is 25.6 Å². The number of anilines is 1. The van der Waals surface area contributed by atoms with Gasteiger partial charge in [0.25, 0.3) is 11.8 Å². The summed E-state index contributed by atoms with van der Waals surface area (Å²) < 4.78 is 23.1. The molecule has 31 heavy (non-hydrogen) atoms. The van der Waals surface area contributed by atoms with E-state index in [1.54, 1.807) is 24.3 Å². The van der Waals surface area contributed by atoms with E-state index in [1.165, 1.54) is 49.9 Å². The summed E-state index contributed by atoms with van der Waals surface area (Å²) in [6.07, 6.45) is 8.22. The Balaban J connectivity index is 1.42. The van der Waals surface area contributed by atoms with Crippen molar-refractivity contribution in [3.8, 4) is 0 Å². The van der Waals surface area contributed by atoms with Crippen molar-refractivity contribution in [2.75, 3.05) is 18.1 Å². The maximum absolute atomic E-state index is 13.1. The summed E-state index contributed by atoms with van der Waals surface area (Å²) in [4.78, 5) is 27.8. The molecule has 2 fully saturated rings. The standard InChI is InChI=1S/C24H28N2O4S/c1-31(29,30)21-14-10-18(11-15-21)23(27)25-20-12-8-19(9-13-20)24(28)26-16-4-6-17-5-2-3-7-22(17)26/h8-15,17,22H,2-7,16H2,1H3,(H,25,27)/t17-,22+/m1/s1. The number of fused-ring (bicyclic) bond motifs is 1. The quantitative estimate of drug-likeness (QED) is 0.775. The van der Waals surface area contributed by atoms with Crippen LogP contribution in [0.2, 0.25) is 0 Å². The second kappa shape index (κ2) is 8.83. The molecule has 1 saturated carbocycles. The summed E-state index contributed by atoms with van der Waals surface area (Å²) in [6, 6.07) is 13.2. The third-order valence-electron chi connectivity index (χ3n) is 6.44. The predicted molar refractivity (Wildman–Crippen MR) is 120 cm³/mol. The Labute approximate surface area is 183 Å². The van der Waals surface area contributed by atoms with Crippen LogP contribution in [-0.2, 0) is 9.84 Å². The van der Waals surface area contributed by atoms with Crippen molar-refractivity contribution in [1.82, 2.24) is 4.90 Å². The van der Waals surface area contributed by atoms with Gasteiger partial charge >= 0.3 is 0 Å². The zero-order valence-corrected chi connectivity index (χ0v) is 18.5. The van der Waals surface area contributed by atoms with E-state index < -0.39 is 9.84 Å². The van der Waals surface area contributed by atoms with Gasteiger partial charge in [0.15, 0.2) is 9.84 Å². The van der Waals surface area contributed by atoms with Crippen LogP contribution < -0.4 is 5.32 Å². The Kier molecular flexibility index (Phi) is 6.14. The highest BCUT2D eigenvalue weighted by Gasteiger charge is 2.35. The lowest BCUT2D eigenvalue weighted by Gasteiger charge is -2.44. The SMILES string of the molecule is CS(=O)(=O)c1ccc(C(=O)Nc2ccc(C(=O)N3CCC[C@H]4CCCC[C@@H]43)cc2)cc1. The minimum absolute atomic E-state index is 0.0749. The van der Waals surface area contributed by atoms with Crippen molar-refractivity contribution in [2.45, 2.75) is 49.5 Å². The molecule has 2 aromatic rings. The number of carbonyl (C=O) groups excluding carboxylic acids is 2. The van der Waals surface area contributed by atoms with E-state index >= 15 is 0 Å². The van der Waals surface area contributed by atoms with Crippen LogP contribution >= 0.6 is 0 Å². The Morgan fingerprint density at radius 2 is 1.48 bits per heavy atom. The van der Waals surface area contributed by atoms with E-state index in [4.69, 9.17) is 0 Å². The van der Waals surface area contributed by atoms with Gasteiger partial charge in [-0.2, -0.15) is 0 Å². The van der Waals surface area contributed by atoms with Gasteiger partial charge in [0, 0.05) is 35.7 Å². The predicted octanol–water partition coefficient (Wildman–Crippen LogP) is 4.14. The van der Waals surface area contributed by atoms with Crippen LogP contribution in [0, 0.1) is 5.92 Å². The maximum Gasteiger partial charge on any atom is 0.255 e. The lowest BCUT2D eigenvalue weighted by Crippen LogP contribution is -2.49. The molecule has 4 rings (SSSR count). The average molecular weight is 441 g/mol. The molecule has 1 aliphatic heterocycles. The average Bonchev–Trinajstić information content (AvgIpc) is 2.78. The first-order valence-corrected chi connectivity index (χ1v) is 12.7. The molecule has 0 bridgehead atoms. The lowest BCUT2D eigenvalue weighted by molar-refractivity contribution is 0.0390. The summed E-state index contributed by atoms with van der Waals surface area (Å²) >= 11 is 0. The number of nitrogens with one attached hydrogen (secondary N) is 1. The van der Waals surface area contributed by atoms with Crippen molar-refractivity contribution in [2.24, 2.45) is 5.92 Å². The first-order valence-electron chi connectivity index (χ1n) is 10.9. The van der Waals surface area contributed by atoms with Crippen molar-refractivity contribution in [3.63, 3.8) is 0 Å². The molecule has 2 aliphatic rings. The Morgan fingerprint density at radius 1 is 0.871 bits per heavy atom. The second-order valence-corrected chi connectivity index (χ2v) is 10.6. The Bertz CT molecular complexity index is 1060. The van der Waals surface area contributed by atoms with Gasteiger partial charge in [-0.3, -0.25) is 9.59 Å². The third kappa shape index (κ3) is 4.82. The first kappa shape index (κ1) is 21.6. The van der Waals surface area contributed by atoms with Crippen LogP contribution in [0.25, 0.3) is 0 Å². The fraction of sp³-hybridized carbons (Fsp3) is 0.417. The van der Waals surface area contributed by atoms with Crippen molar-refractivity contribution < 1.29 is 18.0 Å². The molecule has 1 heterocycles. The fourth-order valence-electron chi connectivity index (χ4n) is 4.80. The van der Waals surface area contributed by atoms with Crippen molar-refractivity contribution in [1.29, 1.82) is 0 Å². The number of piperidine rings is 1. The largest absolute Gasteiger partial charge is 0.335 e. The van der Waals surface area contributed by atoms with Gasteiger partial charge in [-0.25, -0.2) is 8.42 Å². The van der Waals surface area contributed by atoms with Crippen LogP contribution in [0.1, 0.15) is 59.2 Å². The zero-order chi connectivity index (χ0) is 22.0. The number of sulfone groups is 1. The summed E-state index contributed by atoms with van der Waals surface area (Å²) in [5.74, 6) is 0.380. The Hall–Kier alpha value is -2.67. The monoisotopic (exact) mass is 440 g/mol. The molecular formula is C24H28N2O4S. The number of hydrogen-bond acceptors (Lipinski definition) is 4. The summed E-state index contributed by atoms with van der Waals surface area (Å²) in [6.45, 7) is 0.821. The number of likely N-dealkylation sites (tertiary alicyclic amines) is 1. The topological polar surface area (TPSA) is 83.5 Å². The van der Waals surface area contributed by atoms with Gasteiger partial charge in [-0.05, 0) is 80.1 Å². The molecule has 2 atom stereocenters. The lowest BCUT2D eigenvalue weighted by atomic mass is 9.78. The number of carbonyl (C=O) groups is 2. The van der Waals surface area contributed by atoms with Crippen LogP contribution in [0.3, 0.4) is 0 Å². The van der Waals surface area contributed by atoms with Gasteiger partial charge in [0.2, 0.25) is 0 Å². The number of hydrogen-bond donors (Lipinski definition) is 1. The van der Waals surface area contributed by atoms with E-state index in [9.17, 15) is 18.0 Å². The third-order valence-corrected chi connectivity index (χ3v) is 7.57. The van der Waals surface area contributed by atoms with Crippen molar-refractivity contribution in [3.05, 3.63) is 59.7 Å². The molecule has 0 unspecified atom stereocenters. The fourth-order valence-corrected chi connectivity index (χ4v) is 5.43. The number of nitrogens with zero attached hydrogens (tertiary/aromatic N) is 1. The summed E-state index contributed by atoms with van der Waals surface area (Å²) in [5.41, 5.74) is 1.59. The van der Waals surface area contributed by atoms with Crippen LogP contribution in [0.15, 0.2) is 53.4 Å². The summed E-state index contributed by atoms with van der Waals surface area (Å²) in [7, 11) is -3.30. The number of amides is 2. The van der Waals surface area contributed by atoms with E-state index in [0.29, 0.717) is 28.8 Å². The highest BCUT2D eigenvalue weighted by Crippen LogP contribution is 2.36. The molecule has 0 spiro atoms. The van der Waals surface area contributed by atoms with Crippen molar-refractivity contribution >= 4 is 27.3 Å². The minimum atomic E-state index is -3.30. The number of rotatable bonds is 4. The van der Waals surface area contributed by atoms with Gasteiger partial charge in [0.05, 0.1) is 4.90 Å². The van der Waals surface area contributed by atoms with Gasteiger partial charge in [-0.15, -0.1) is 0 Å². The minimum Gasteiger partial charge on any atom is -0.335 e. The molecule has 7 heteroatoms.